The van der Waals surface area contributed by atoms with Gasteiger partial charge in [0.2, 0.25) is 5.89 Å². The lowest BCUT2D eigenvalue weighted by atomic mass is 10.3. The van der Waals surface area contributed by atoms with E-state index in [1.54, 1.807) is 0 Å². The summed E-state index contributed by atoms with van der Waals surface area (Å²) in [6.07, 6.45) is 1.82. The largest absolute Gasteiger partial charge is 0.408 e. The van der Waals surface area contributed by atoms with Crippen LogP contribution in [0.15, 0.2) is 10.5 Å². The highest BCUT2D eigenvalue weighted by atomic mass is 16.4. The molecule has 2 aromatic heterocycles. The summed E-state index contributed by atoms with van der Waals surface area (Å²) >= 11 is 0. The minimum atomic E-state index is 0.232. The maximum absolute atomic E-state index is 5.48. The van der Waals surface area contributed by atoms with Crippen LogP contribution in [0, 0.1) is 13.8 Å². The fourth-order valence-corrected chi connectivity index (χ4v) is 2.05. The molecule has 19 heavy (non-hydrogen) atoms. The number of aryl methyl sites for hydroxylation is 3. The zero-order valence-electron chi connectivity index (χ0n) is 12.0. The second kappa shape index (κ2) is 5.86. The maximum atomic E-state index is 5.48. The smallest absolute Gasteiger partial charge is 0.315 e. The van der Waals surface area contributed by atoms with Crippen LogP contribution in [0.3, 0.4) is 0 Å². The molecule has 0 unspecified atom stereocenters. The van der Waals surface area contributed by atoms with Gasteiger partial charge in [0.15, 0.2) is 0 Å². The predicted octanol–water partition coefficient (Wildman–Crippen LogP) is 2.51. The first-order chi connectivity index (χ1) is 9.10. The van der Waals surface area contributed by atoms with Gasteiger partial charge in [0.05, 0.1) is 11.7 Å². The van der Waals surface area contributed by atoms with Gasteiger partial charge in [0.1, 0.15) is 0 Å². The topological polar surface area (TPSA) is 68.8 Å². The zero-order valence-corrected chi connectivity index (χ0v) is 12.0. The summed E-state index contributed by atoms with van der Waals surface area (Å²) in [7, 11) is 0. The van der Waals surface area contributed by atoms with E-state index in [0.29, 0.717) is 18.5 Å². The Morgan fingerprint density at radius 2 is 2.16 bits per heavy atom. The van der Waals surface area contributed by atoms with Gasteiger partial charge in [-0.15, -0.1) is 5.10 Å². The van der Waals surface area contributed by atoms with Crippen molar-refractivity contribution in [3.63, 3.8) is 0 Å². The highest BCUT2D eigenvalue weighted by molar-refractivity contribution is 5.17. The zero-order chi connectivity index (χ0) is 13.8. The van der Waals surface area contributed by atoms with E-state index >= 15 is 0 Å². The van der Waals surface area contributed by atoms with E-state index in [9.17, 15) is 0 Å². The number of anilines is 1. The van der Waals surface area contributed by atoms with Crippen LogP contribution in [0.5, 0.6) is 0 Å². The van der Waals surface area contributed by atoms with Crippen molar-refractivity contribution in [2.45, 2.75) is 46.6 Å². The number of hydrogen-bond acceptors (Lipinski definition) is 5. The summed E-state index contributed by atoms with van der Waals surface area (Å²) in [4.78, 5) is 0. The molecule has 2 rings (SSSR count). The normalized spacial score (nSPS) is 12.6. The highest BCUT2D eigenvalue weighted by Gasteiger charge is 2.11. The third-order valence-electron chi connectivity index (χ3n) is 2.94. The lowest BCUT2D eigenvalue weighted by Gasteiger charge is -2.14. The van der Waals surface area contributed by atoms with Crippen molar-refractivity contribution in [1.29, 1.82) is 0 Å². The van der Waals surface area contributed by atoms with E-state index in [2.05, 4.69) is 47.5 Å². The molecule has 0 spiro atoms. The monoisotopic (exact) mass is 263 g/mol. The van der Waals surface area contributed by atoms with E-state index in [0.717, 1.165) is 24.2 Å². The van der Waals surface area contributed by atoms with Crippen LogP contribution in [0.2, 0.25) is 0 Å². The number of nitrogens with one attached hydrogen (secondary N) is 1. The Balaban J connectivity index is 1.92. The second-order valence-corrected chi connectivity index (χ2v) is 4.85. The van der Waals surface area contributed by atoms with Gasteiger partial charge in [0.25, 0.3) is 0 Å². The highest BCUT2D eigenvalue weighted by Crippen LogP contribution is 2.13. The first-order valence-electron chi connectivity index (χ1n) is 6.69. The Kier molecular flexibility index (Phi) is 4.19. The molecule has 0 bridgehead atoms. The van der Waals surface area contributed by atoms with Crippen molar-refractivity contribution in [3.05, 3.63) is 23.3 Å². The Hall–Kier alpha value is -1.85. The Bertz CT molecular complexity index is 531. The molecule has 0 aliphatic heterocycles. The molecule has 0 aliphatic carbocycles. The molecule has 0 saturated heterocycles. The molecule has 0 saturated carbocycles. The van der Waals surface area contributed by atoms with Crippen LogP contribution < -0.4 is 5.32 Å². The van der Waals surface area contributed by atoms with E-state index in [4.69, 9.17) is 4.42 Å². The number of hydrogen-bond donors (Lipinski definition) is 1. The van der Waals surface area contributed by atoms with Gasteiger partial charge in [-0.3, -0.25) is 4.68 Å². The van der Waals surface area contributed by atoms with Gasteiger partial charge in [-0.2, -0.15) is 5.10 Å². The first-order valence-corrected chi connectivity index (χ1v) is 6.69. The molecule has 1 atom stereocenters. The van der Waals surface area contributed by atoms with Gasteiger partial charge in [-0.05, 0) is 33.3 Å². The van der Waals surface area contributed by atoms with Crippen LogP contribution in [0.1, 0.15) is 43.6 Å². The molecule has 1 N–H and O–H groups in total. The lowest BCUT2D eigenvalue weighted by molar-refractivity contribution is 0.473. The van der Waals surface area contributed by atoms with Crippen molar-refractivity contribution in [2.75, 3.05) is 11.9 Å². The van der Waals surface area contributed by atoms with E-state index in [1.165, 1.54) is 0 Å². The van der Waals surface area contributed by atoms with Crippen molar-refractivity contribution in [2.24, 2.45) is 0 Å². The molecule has 2 heterocycles. The summed E-state index contributed by atoms with van der Waals surface area (Å²) in [5, 5.41) is 15.6. The summed E-state index contributed by atoms with van der Waals surface area (Å²) < 4.78 is 7.49. The Morgan fingerprint density at radius 3 is 2.79 bits per heavy atom. The molecule has 6 nitrogen and oxygen atoms in total. The molecular weight excluding hydrogens is 242 g/mol. The molecule has 2 aromatic rings. The molecule has 0 radical (unpaired) electrons. The standard InChI is InChI=1S/C13H21N5O/c1-5-6-12-15-16-13(19-12)14-8-11(4)18-10(3)7-9(2)17-18/h7,11H,5-6,8H2,1-4H3,(H,14,16)/t11-/m1/s1. The van der Waals surface area contributed by atoms with Crippen LogP contribution in [-0.4, -0.2) is 26.5 Å². The maximum Gasteiger partial charge on any atom is 0.315 e. The lowest BCUT2D eigenvalue weighted by Crippen LogP contribution is -2.18. The third-order valence-corrected chi connectivity index (χ3v) is 2.94. The van der Waals surface area contributed by atoms with Gasteiger partial charge in [-0.1, -0.05) is 12.0 Å². The first kappa shape index (κ1) is 13.6. The van der Waals surface area contributed by atoms with Crippen LogP contribution in [0.25, 0.3) is 0 Å². The van der Waals surface area contributed by atoms with Gasteiger partial charge in [0, 0.05) is 18.7 Å². The molecule has 0 aromatic carbocycles. The molecule has 104 valence electrons. The summed E-state index contributed by atoms with van der Waals surface area (Å²) in [5.74, 6) is 0.684. The number of nitrogens with zero attached hydrogens (tertiary/aromatic N) is 4. The van der Waals surface area contributed by atoms with Crippen molar-refractivity contribution in [3.8, 4) is 0 Å². The van der Waals surface area contributed by atoms with Crippen LogP contribution in [-0.2, 0) is 6.42 Å². The van der Waals surface area contributed by atoms with E-state index < -0.39 is 0 Å². The van der Waals surface area contributed by atoms with Crippen LogP contribution in [0.4, 0.5) is 6.01 Å². The molecular formula is C13H21N5O. The minimum absolute atomic E-state index is 0.232. The molecule has 0 fully saturated rings. The second-order valence-electron chi connectivity index (χ2n) is 4.85. The number of aromatic nitrogens is 4. The van der Waals surface area contributed by atoms with E-state index in [-0.39, 0.29) is 6.04 Å². The fourth-order valence-electron chi connectivity index (χ4n) is 2.05. The summed E-state index contributed by atoms with van der Waals surface area (Å²) in [6, 6.07) is 2.79. The molecule has 0 amide bonds. The average Bonchev–Trinajstić information content (AvgIpc) is 2.93. The molecule has 6 heteroatoms. The molecule has 0 aliphatic rings. The summed E-state index contributed by atoms with van der Waals surface area (Å²) in [5.41, 5.74) is 2.19. The quantitative estimate of drug-likeness (QED) is 0.867. The van der Waals surface area contributed by atoms with Crippen LogP contribution >= 0.6 is 0 Å². The third kappa shape index (κ3) is 3.33. The van der Waals surface area contributed by atoms with E-state index in [1.807, 2.05) is 11.6 Å². The Labute approximate surface area is 113 Å². The minimum Gasteiger partial charge on any atom is -0.408 e. The number of rotatable bonds is 6. The van der Waals surface area contributed by atoms with Crippen molar-refractivity contribution >= 4 is 6.01 Å². The Morgan fingerprint density at radius 1 is 1.37 bits per heavy atom. The van der Waals surface area contributed by atoms with Gasteiger partial charge >= 0.3 is 6.01 Å². The van der Waals surface area contributed by atoms with Crippen molar-refractivity contribution < 1.29 is 4.42 Å². The van der Waals surface area contributed by atoms with Crippen molar-refractivity contribution in [1.82, 2.24) is 20.0 Å². The SMILES string of the molecule is CCCc1nnc(NC[C@@H](C)n2nc(C)cc2C)o1. The van der Waals surface area contributed by atoms with Gasteiger partial charge < -0.3 is 9.73 Å². The van der Waals surface area contributed by atoms with Gasteiger partial charge in [-0.25, -0.2) is 0 Å². The fraction of sp³-hybridized carbons (Fsp3) is 0.615. The predicted molar refractivity (Wildman–Crippen MR) is 73.2 cm³/mol. The summed E-state index contributed by atoms with van der Waals surface area (Å²) in [6.45, 7) is 8.95. The average molecular weight is 263 g/mol.